The highest BCUT2D eigenvalue weighted by Gasteiger charge is 2.25. The van der Waals surface area contributed by atoms with Crippen molar-refractivity contribution in [3.8, 4) is 0 Å². The maximum Gasteiger partial charge on any atom is 0.253 e. The Labute approximate surface area is 160 Å². The van der Waals surface area contributed by atoms with Gasteiger partial charge in [-0.2, -0.15) is 0 Å². The molecule has 2 aromatic heterocycles. The van der Waals surface area contributed by atoms with Gasteiger partial charge in [-0.3, -0.25) is 14.3 Å². The van der Waals surface area contributed by atoms with Crippen LogP contribution in [0.1, 0.15) is 62.7 Å². The molecule has 0 N–H and O–H groups in total. The van der Waals surface area contributed by atoms with Crippen LogP contribution in [-0.4, -0.2) is 32.7 Å². The van der Waals surface area contributed by atoms with Gasteiger partial charge in [-0.25, -0.2) is 4.98 Å². The number of rotatable bonds is 4. The van der Waals surface area contributed by atoms with Crippen molar-refractivity contribution in [2.75, 3.05) is 13.1 Å². The quantitative estimate of drug-likeness (QED) is 0.828. The van der Waals surface area contributed by atoms with Gasteiger partial charge in [-0.05, 0) is 44.7 Å². The Morgan fingerprint density at radius 1 is 1.22 bits per heavy atom. The smallest absolute Gasteiger partial charge is 0.253 e. The van der Waals surface area contributed by atoms with Gasteiger partial charge < -0.3 is 4.52 Å². The predicted molar refractivity (Wildman–Crippen MR) is 104 cm³/mol. The van der Waals surface area contributed by atoms with Crippen molar-refractivity contribution in [2.24, 2.45) is 5.92 Å². The topological polar surface area (TPSA) is 64.2 Å². The first kappa shape index (κ1) is 18.4. The van der Waals surface area contributed by atoms with Crippen LogP contribution in [0.5, 0.6) is 0 Å². The molecule has 1 fully saturated rings. The molecule has 1 saturated heterocycles. The molecule has 27 heavy (non-hydrogen) atoms. The molecule has 1 aliphatic carbocycles. The lowest BCUT2D eigenvalue weighted by Crippen LogP contribution is -2.36. The van der Waals surface area contributed by atoms with E-state index in [1.165, 1.54) is 12.0 Å². The van der Waals surface area contributed by atoms with Crippen LogP contribution >= 0.6 is 0 Å². The minimum absolute atomic E-state index is 0.0653. The molecule has 2 aromatic rings. The minimum Gasteiger partial charge on any atom is -0.361 e. The van der Waals surface area contributed by atoms with Gasteiger partial charge in [0.2, 0.25) is 0 Å². The summed E-state index contributed by atoms with van der Waals surface area (Å²) in [6.07, 6.45) is 7.30. The third-order valence-electron chi connectivity index (χ3n) is 5.96. The number of likely N-dealkylation sites (tertiary alicyclic amines) is 1. The molecule has 2 aliphatic rings. The van der Waals surface area contributed by atoms with Crippen molar-refractivity contribution in [3.63, 3.8) is 0 Å². The first-order valence-corrected chi connectivity index (χ1v) is 10.2. The molecule has 0 atom stereocenters. The van der Waals surface area contributed by atoms with E-state index in [1.807, 2.05) is 0 Å². The SMILES string of the molecule is CC(C)(C)c1cc(=O)n(CC2CCN(Cc3noc4c3CCC4)CC2)cn1. The maximum atomic E-state index is 12.4. The Hall–Kier alpha value is -1.95. The van der Waals surface area contributed by atoms with Crippen LogP contribution in [0.4, 0.5) is 0 Å². The van der Waals surface area contributed by atoms with Crippen LogP contribution in [-0.2, 0) is 31.3 Å². The number of hydrogen-bond donors (Lipinski definition) is 0. The molecule has 0 radical (unpaired) electrons. The lowest BCUT2D eigenvalue weighted by molar-refractivity contribution is 0.162. The fourth-order valence-electron chi connectivity index (χ4n) is 4.20. The average Bonchev–Trinajstić information content (AvgIpc) is 3.22. The van der Waals surface area contributed by atoms with E-state index in [0.717, 1.165) is 69.0 Å². The number of aryl methyl sites for hydroxylation is 1. The summed E-state index contributed by atoms with van der Waals surface area (Å²) in [7, 11) is 0. The van der Waals surface area contributed by atoms with E-state index < -0.39 is 0 Å². The first-order chi connectivity index (χ1) is 12.9. The van der Waals surface area contributed by atoms with Gasteiger partial charge in [0.05, 0.1) is 12.0 Å². The van der Waals surface area contributed by atoms with Crippen LogP contribution in [0.2, 0.25) is 0 Å². The highest BCUT2D eigenvalue weighted by molar-refractivity contribution is 5.27. The van der Waals surface area contributed by atoms with E-state index in [1.54, 1.807) is 17.0 Å². The average molecular weight is 370 g/mol. The van der Waals surface area contributed by atoms with Crippen LogP contribution in [0, 0.1) is 5.92 Å². The van der Waals surface area contributed by atoms with E-state index in [-0.39, 0.29) is 11.0 Å². The fourth-order valence-corrected chi connectivity index (χ4v) is 4.20. The zero-order valence-corrected chi connectivity index (χ0v) is 16.7. The highest BCUT2D eigenvalue weighted by atomic mass is 16.5. The molecule has 0 amide bonds. The van der Waals surface area contributed by atoms with Crippen molar-refractivity contribution < 1.29 is 4.52 Å². The first-order valence-electron chi connectivity index (χ1n) is 10.2. The number of fused-ring (bicyclic) bond motifs is 1. The van der Waals surface area contributed by atoms with Crippen molar-refractivity contribution in [3.05, 3.63) is 45.5 Å². The molecule has 0 bridgehead atoms. The van der Waals surface area contributed by atoms with E-state index >= 15 is 0 Å². The molecule has 4 rings (SSSR count). The summed E-state index contributed by atoms with van der Waals surface area (Å²) < 4.78 is 7.25. The van der Waals surface area contributed by atoms with Crippen molar-refractivity contribution in [2.45, 2.75) is 71.4 Å². The molecule has 0 spiro atoms. The third-order valence-corrected chi connectivity index (χ3v) is 5.96. The number of aromatic nitrogens is 3. The Kier molecular flexibility index (Phi) is 4.93. The monoisotopic (exact) mass is 370 g/mol. The van der Waals surface area contributed by atoms with Crippen molar-refractivity contribution in [1.29, 1.82) is 0 Å². The Morgan fingerprint density at radius 2 is 2.00 bits per heavy atom. The van der Waals surface area contributed by atoms with Crippen LogP contribution < -0.4 is 5.56 Å². The zero-order chi connectivity index (χ0) is 19.0. The number of hydrogen-bond acceptors (Lipinski definition) is 5. The molecule has 146 valence electrons. The van der Waals surface area contributed by atoms with E-state index in [9.17, 15) is 4.79 Å². The van der Waals surface area contributed by atoms with E-state index in [0.29, 0.717) is 5.92 Å². The number of nitrogens with zero attached hydrogens (tertiary/aromatic N) is 4. The Morgan fingerprint density at radius 3 is 2.70 bits per heavy atom. The largest absolute Gasteiger partial charge is 0.361 e. The van der Waals surface area contributed by atoms with Gasteiger partial charge in [-0.15, -0.1) is 0 Å². The second kappa shape index (κ2) is 7.23. The molecule has 0 unspecified atom stereocenters. The second-order valence-electron chi connectivity index (χ2n) is 9.12. The zero-order valence-electron chi connectivity index (χ0n) is 16.7. The maximum absolute atomic E-state index is 12.4. The third kappa shape index (κ3) is 4.00. The lowest BCUT2D eigenvalue weighted by atomic mass is 9.92. The Bertz CT molecular complexity index is 854. The van der Waals surface area contributed by atoms with Crippen molar-refractivity contribution >= 4 is 0 Å². The fraction of sp³-hybridized carbons (Fsp3) is 0.667. The molecule has 3 heterocycles. The molecule has 6 nitrogen and oxygen atoms in total. The number of piperidine rings is 1. The summed E-state index contributed by atoms with van der Waals surface area (Å²) in [6.45, 7) is 10.0. The molecule has 0 aromatic carbocycles. The Balaban J connectivity index is 1.32. The lowest BCUT2D eigenvalue weighted by Gasteiger charge is -2.31. The van der Waals surface area contributed by atoms with Gasteiger partial charge >= 0.3 is 0 Å². The summed E-state index contributed by atoms with van der Waals surface area (Å²) >= 11 is 0. The van der Waals surface area contributed by atoms with Gasteiger partial charge in [0.25, 0.3) is 5.56 Å². The second-order valence-corrected chi connectivity index (χ2v) is 9.12. The minimum atomic E-state index is -0.0924. The summed E-state index contributed by atoms with van der Waals surface area (Å²) in [5.74, 6) is 1.63. The van der Waals surface area contributed by atoms with Gasteiger partial charge in [-0.1, -0.05) is 25.9 Å². The molecule has 6 heteroatoms. The van der Waals surface area contributed by atoms with Crippen LogP contribution in [0.25, 0.3) is 0 Å². The van der Waals surface area contributed by atoms with E-state index in [2.05, 4.69) is 35.8 Å². The van der Waals surface area contributed by atoms with Gasteiger partial charge in [0.1, 0.15) is 11.5 Å². The summed E-state index contributed by atoms with van der Waals surface area (Å²) in [4.78, 5) is 19.4. The van der Waals surface area contributed by atoms with Crippen LogP contribution in [0.15, 0.2) is 21.7 Å². The summed E-state index contributed by atoms with van der Waals surface area (Å²) in [5.41, 5.74) is 3.33. The van der Waals surface area contributed by atoms with Gasteiger partial charge in [0, 0.05) is 36.6 Å². The van der Waals surface area contributed by atoms with Gasteiger partial charge in [0.15, 0.2) is 0 Å². The van der Waals surface area contributed by atoms with Crippen LogP contribution in [0.3, 0.4) is 0 Å². The summed E-state index contributed by atoms with van der Waals surface area (Å²) in [6, 6.07) is 1.69. The molecular weight excluding hydrogens is 340 g/mol. The highest BCUT2D eigenvalue weighted by Crippen LogP contribution is 2.27. The molecule has 0 saturated carbocycles. The standard InChI is InChI=1S/C21H30N4O2/c1-21(2,3)19-11-20(26)25(14-22-19)12-15-7-9-24(10-8-15)13-17-16-5-4-6-18(16)27-23-17/h11,14-15H,4-10,12-13H2,1-3H3. The normalized spacial score (nSPS) is 18.8. The molecule has 1 aliphatic heterocycles. The van der Waals surface area contributed by atoms with E-state index in [4.69, 9.17) is 4.52 Å². The molecular formula is C21H30N4O2. The summed E-state index contributed by atoms with van der Waals surface area (Å²) in [5, 5.41) is 4.29. The van der Waals surface area contributed by atoms with Crippen molar-refractivity contribution in [1.82, 2.24) is 19.6 Å². The predicted octanol–water partition coefficient (Wildman–Crippen LogP) is 2.93.